The summed E-state index contributed by atoms with van der Waals surface area (Å²) in [5, 5.41) is 3.71. The van der Waals surface area contributed by atoms with Crippen LogP contribution >= 0.6 is 0 Å². The molecule has 1 aromatic rings. The average Bonchev–Trinajstić information content (AvgIpc) is 2.47. The van der Waals surface area contributed by atoms with Crippen LogP contribution in [-0.4, -0.2) is 33.0 Å². The van der Waals surface area contributed by atoms with Gasteiger partial charge in [-0.2, -0.15) is 0 Å². The van der Waals surface area contributed by atoms with Gasteiger partial charge in [-0.25, -0.2) is 0 Å². The van der Waals surface area contributed by atoms with Crippen LogP contribution in [0.3, 0.4) is 0 Å². The number of rotatable bonds is 6. The molecule has 1 aliphatic heterocycles. The summed E-state index contributed by atoms with van der Waals surface area (Å²) in [4.78, 5) is 0. The van der Waals surface area contributed by atoms with Crippen molar-refractivity contribution in [1.29, 1.82) is 0 Å². The first kappa shape index (κ1) is 16.3. The van der Waals surface area contributed by atoms with Crippen molar-refractivity contribution in [1.82, 2.24) is 5.32 Å². The minimum absolute atomic E-state index is 0.307. The number of hydrogen-bond acceptors (Lipinski definition) is 4. The van der Waals surface area contributed by atoms with E-state index in [9.17, 15) is 0 Å². The van der Waals surface area contributed by atoms with Gasteiger partial charge in [0.15, 0.2) is 0 Å². The molecule has 0 bridgehead atoms. The van der Waals surface area contributed by atoms with E-state index in [1.807, 2.05) is 6.07 Å². The smallest absolute Gasteiger partial charge is 0.124 e. The minimum Gasteiger partial charge on any atom is -0.496 e. The Morgan fingerprint density at radius 2 is 2.19 bits per heavy atom. The summed E-state index contributed by atoms with van der Waals surface area (Å²) in [6.45, 7) is 5.77. The summed E-state index contributed by atoms with van der Waals surface area (Å²) in [7, 11) is 3.40. The van der Waals surface area contributed by atoms with Crippen LogP contribution in [-0.2, 0) is 16.1 Å². The number of methoxy groups -OCH3 is 2. The van der Waals surface area contributed by atoms with E-state index in [-0.39, 0.29) is 0 Å². The Kier molecular flexibility index (Phi) is 6.03. The SMILES string of the molecule is COCc1cc(C(C)NC2CCOC(C)C2)ccc1OC. The maximum Gasteiger partial charge on any atom is 0.124 e. The first-order valence-corrected chi connectivity index (χ1v) is 7.67. The number of benzene rings is 1. The van der Waals surface area contributed by atoms with Crippen LogP contribution in [0, 0.1) is 0 Å². The van der Waals surface area contributed by atoms with E-state index in [2.05, 4.69) is 31.3 Å². The molecule has 4 heteroatoms. The number of nitrogens with one attached hydrogen (secondary N) is 1. The lowest BCUT2D eigenvalue weighted by Crippen LogP contribution is -2.39. The van der Waals surface area contributed by atoms with Gasteiger partial charge in [0.25, 0.3) is 0 Å². The Morgan fingerprint density at radius 1 is 1.38 bits per heavy atom. The van der Waals surface area contributed by atoms with Crippen LogP contribution in [0.25, 0.3) is 0 Å². The highest BCUT2D eigenvalue weighted by Crippen LogP contribution is 2.25. The molecule has 1 aliphatic rings. The van der Waals surface area contributed by atoms with Crippen molar-refractivity contribution in [2.75, 3.05) is 20.8 Å². The second kappa shape index (κ2) is 7.78. The lowest BCUT2D eigenvalue weighted by Gasteiger charge is -2.30. The zero-order chi connectivity index (χ0) is 15.2. The van der Waals surface area contributed by atoms with Gasteiger partial charge >= 0.3 is 0 Å². The topological polar surface area (TPSA) is 39.7 Å². The molecule has 3 unspecified atom stereocenters. The largest absolute Gasteiger partial charge is 0.496 e. The Morgan fingerprint density at radius 3 is 2.86 bits per heavy atom. The van der Waals surface area contributed by atoms with Crippen LogP contribution in [0.15, 0.2) is 18.2 Å². The average molecular weight is 293 g/mol. The van der Waals surface area contributed by atoms with Gasteiger partial charge < -0.3 is 19.5 Å². The Balaban J connectivity index is 2.04. The molecular weight excluding hydrogens is 266 g/mol. The zero-order valence-corrected chi connectivity index (χ0v) is 13.5. The third-order valence-corrected chi connectivity index (χ3v) is 4.08. The highest BCUT2D eigenvalue weighted by Gasteiger charge is 2.21. The van der Waals surface area contributed by atoms with Crippen LogP contribution < -0.4 is 10.1 Å². The van der Waals surface area contributed by atoms with Crippen LogP contribution in [0.2, 0.25) is 0 Å². The fraction of sp³-hybridized carbons (Fsp3) is 0.647. The van der Waals surface area contributed by atoms with Crippen molar-refractivity contribution in [2.45, 2.75) is 51.5 Å². The molecule has 1 aromatic carbocycles. The summed E-state index contributed by atoms with van der Waals surface area (Å²) >= 11 is 0. The van der Waals surface area contributed by atoms with Gasteiger partial charge in [0.05, 0.1) is 19.8 Å². The van der Waals surface area contributed by atoms with Gasteiger partial charge in [-0.3, -0.25) is 0 Å². The Bertz CT molecular complexity index is 450. The van der Waals surface area contributed by atoms with Gasteiger partial charge in [-0.05, 0) is 44.4 Å². The molecule has 0 radical (unpaired) electrons. The van der Waals surface area contributed by atoms with Crippen molar-refractivity contribution in [3.63, 3.8) is 0 Å². The molecule has 118 valence electrons. The predicted octanol–water partition coefficient (Wildman–Crippen LogP) is 3.06. The minimum atomic E-state index is 0.307. The monoisotopic (exact) mass is 293 g/mol. The van der Waals surface area contributed by atoms with Gasteiger partial charge in [-0.1, -0.05) is 6.07 Å². The predicted molar refractivity (Wildman–Crippen MR) is 83.7 cm³/mol. The summed E-state index contributed by atoms with van der Waals surface area (Å²) < 4.78 is 16.2. The van der Waals surface area contributed by atoms with E-state index >= 15 is 0 Å². The molecule has 0 aliphatic carbocycles. The quantitative estimate of drug-likeness (QED) is 0.875. The lowest BCUT2D eigenvalue weighted by atomic mass is 10.00. The number of ether oxygens (including phenoxy) is 3. The third kappa shape index (κ3) is 4.43. The first-order valence-electron chi connectivity index (χ1n) is 7.67. The standard InChI is InChI=1S/C17H27NO3/c1-12-9-16(7-8-21-12)18-13(2)14-5-6-17(20-4)15(10-14)11-19-3/h5-6,10,12-13,16,18H,7-9,11H2,1-4H3. The Hall–Kier alpha value is -1.10. The van der Waals surface area contributed by atoms with Crippen LogP contribution in [0.4, 0.5) is 0 Å². The zero-order valence-electron chi connectivity index (χ0n) is 13.5. The van der Waals surface area contributed by atoms with Crippen molar-refractivity contribution in [3.05, 3.63) is 29.3 Å². The lowest BCUT2D eigenvalue weighted by molar-refractivity contribution is 0.0116. The van der Waals surface area contributed by atoms with Gasteiger partial charge in [0, 0.05) is 31.4 Å². The van der Waals surface area contributed by atoms with E-state index in [1.54, 1.807) is 14.2 Å². The fourth-order valence-electron chi connectivity index (χ4n) is 2.94. The molecule has 3 atom stereocenters. The first-order chi connectivity index (χ1) is 10.1. The van der Waals surface area contributed by atoms with E-state index < -0.39 is 0 Å². The van der Waals surface area contributed by atoms with E-state index in [0.717, 1.165) is 30.8 Å². The molecule has 0 aromatic heterocycles. The maximum atomic E-state index is 5.60. The molecule has 0 saturated carbocycles. The molecule has 4 nitrogen and oxygen atoms in total. The van der Waals surface area contributed by atoms with E-state index in [4.69, 9.17) is 14.2 Å². The molecule has 2 rings (SSSR count). The van der Waals surface area contributed by atoms with Gasteiger partial charge in [0.2, 0.25) is 0 Å². The summed E-state index contributed by atoms with van der Waals surface area (Å²) in [6, 6.07) is 7.15. The normalized spacial score (nSPS) is 23.8. The molecule has 1 N–H and O–H groups in total. The van der Waals surface area contributed by atoms with Crippen molar-refractivity contribution in [2.24, 2.45) is 0 Å². The van der Waals surface area contributed by atoms with Crippen molar-refractivity contribution >= 4 is 0 Å². The maximum absolute atomic E-state index is 5.60. The second-order valence-electron chi connectivity index (χ2n) is 5.80. The van der Waals surface area contributed by atoms with Gasteiger partial charge in [-0.15, -0.1) is 0 Å². The van der Waals surface area contributed by atoms with Crippen LogP contribution in [0.5, 0.6) is 5.75 Å². The fourth-order valence-corrected chi connectivity index (χ4v) is 2.94. The highest BCUT2D eigenvalue weighted by molar-refractivity contribution is 5.38. The highest BCUT2D eigenvalue weighted by atomic mass is 16.5. The van der Waals surface area contributed by atoms with Crippen LogP contribution in [0.1, 0.15) is 43.9 Å². The number of hydrogen-bond donors (Lipinski definition) is 1. The molecule has 21 heavy (non-hydrogen) atoms. The molecule has 0 spiro atoms. The van der Waals surface area contributed by atoms with Crippen molar-refractivity contribution < 1.29 is 14.2 Å². The molecule has 1 saturated heterocycles. The summed E-state index contributed by atoms with van der Waals surface area (Å²) in [6.07, 6.45) is 2.50. The third-order valence-electron chi connectivity index (χ3n) is 4.08. The summed E-state index contributed by atoms with van der Waals surface area (Å²) in [5.74, 6) is 0.882. The molecule has 0 amide bonds. The van der Waals surface area contributed by atoms with Crippen molar-refractivity contribution in [3.8, 4) is 5.75 Å². The molecular formula is C17H27NO3. The second-order valence-corrected chi connectivity index (χ2v) is 5.80. The van der Waals surface area contributed by atoms with E-state index in [0.29, 0.717) is 24.8 Å². The molecule has 1 heterocycles. The molecule has 1 fully saturated rings. The summed E-state index contributed by atoms with van der Waals surface area (Å²) in [5.41, 5.74) is 2.36. The Labute approximate surface area is 127 Å². The van der Waals surface area contributed by atoms with E-state index in [1.165, 1.54) is 5.56 Å². The van der Waals surface area contributed by atoms with Gasteiger partial charge in [0.1, 0.15) is 5.75 Å².